The minimum absolute atomic E-state index is 0.0457. The number of nitrogens with zero attached hydrogens (tertiary/aromatic N) is 1. The van der Waals surface area contributed by atoms with Crippen LogP contribution < -0.4 is 10.6 Å². The number of carbonyl (C=O) groups excluding carboxylic acids is 2. The van der Waals surface area contributed by atoms with E-state index in [-0.39, 0.29) is 11.4 Å². The van der Waals surface area contributed by atoms with Gasteiger partial charge in [-0.2, -0.15) is 5.26 Å². The quantitative estimate of drug-likeness (QED) is 0.493. The van der Waals surface area contributed by atoms with Gasteiger partial charge in [0.2, 0.25) is 0 Å². The van der Waals surface area contributed by atoms with E-state index in [1.807, 2.05) is 38.1 Å². The summed E-state index contributed by atoms with van der Waals surface area (Å²) in [6.07, 6.45) is 1.39. The maximum atomic E-state index is 12.2. The van der Waals surface area contributed by atoms with E-state index in [0.717, 1.165) is 16.8 Å². The van der Waals surface area contributed by atoms with Crippen LogP contribution in [0.4, 0.5) is 11.4 Å². The summed E-state index contributed by atoms with van der Waals surface area (Å²) in [5.74, 6) is -0.566. The number of Topliss-reactive ketones (excluding diaryl/α,β-unsaturated/α-hetero) is 1. The van der Waals surface area contributed by atoms with E-state index >= 15 is 0 Å². The molecule has 5 nitrogen and oxygen atoms in total. The number of benzene rings is 2. The average molecular weight is 333 g/mol. The molecule has 0 radical (unpaired) electrons. The van der Waals surface area contributed by atoms with Gasteiger partial charge in [0, 0.05) is 23.1 Å². The molecule has 0 spiro atoms. The molecule has 2 rings (SSSR count). The van der Waals surface area contributed by atoms with Gasteiger partial charge in [0.25, 0.3) is 5.91 Å². The molecule has 1 amide bonds. The third-order valence-electron chi connectivity index (χ3n) is 3.67. The molecule has 0 fully saturated rings. The van der Waals surface area contributed by atoms with Crippen LogP contribution in [-0.2, 0) is 4.79 Å². The molecule has 0 bridgehead atoms. The summed E-state index contributed by atoms with van der Waals surface area (Å²) < 4.78 is 0. The highest BCUT2D eigenvalue weighted by Crippen LogP contribution is 2.17. The maximum Gasteiger partial charge on any atom is 0.267 e. The number of rotatable bonds is 5. The monoisotopic (exact) mass is 333 g/mol. The second kappa shape index (κ2) is 7.93. The zero-order valence-corrected chi connectivity index (χ0v) is 14.4. The highest BCUT2D eigenvalue weighted by molar-refractivity contribution is 6.07. The van der Waals surface area contributed by atoms with Gasteiger partial charge in [-0.3, -0.25) is 9.59 Å². The van der Waals surface area contributed by atoms with Crippen LogP contribution in [0.5, 0.6) is 0 Å². The van der Waals surface area contributed by atoms with E-state index < -0.39 is 5.91 Å². The lowest BCUT2D eigenvalue weighted by molar-refractivity contribution is -0.112. The molecule has 25 heavy (non-hydrogen) atoms. The van der Waals surface area contributed by atoms with Crippen LogP contribution in [0.3, 0.4) is 0 Å². The van der Waals surface area contributed by atoms with Gasteiger partial charge in [-0.1, -0.05) is 17.7 Å². The van der Waals surface area contributed by atoms with Gasteiger partial charge in [-0.15, -0.1) is 0 Å². The van der Waals surface area contributed by atoms with Crippen LogP contribution in [0.15, 0.2) is 54.2 Å². The fraction of sp³-hybridized carbons (Fsp3) is 0.150. The molecule has 0 aliphatic heterocycles. The Balaban J connectivity index is 2.09. The molecule has 0 heterocycles. The third kappa shape index (κ3) is 4.79. The first-order valence-corrected chi connectivity index (χ1v) is 7.77. The number of nitriles is 1. The highest BCUT2D eigenvalue weighted by Gasteiger charge is 2.10. The molecule has 2 aromatic rings. The van der Waals surface area contributed by atoms with E-state index in [0.29, 0.717) is 11.3 Å². The van der Waals surface area contributed by atoms with Gasteiger partial charge in [0.05, 0.1) is 0 Å². The van der Waals surface area contributed by atoms with E-state index in [1.54, 1.807) is 24.3 Å². The highest BCUT2D eigenvalue weighted by atomic mass is 16.1. The molecule has 0 saturated heterocycles. The standard InChI is InChI=1S/C20H19N3O2/c1-13-4-9-19(14(2)10-13)22-12-17(11-21)20(25)23-18-7-5-16(6-8-18)15(3)24/h4-10,12,22H,1-3H3,(H,23,25)/b17-12-. The van der Waals surface area contributed by atoms with Gasteiger partial charge in [0.1, 0.15) is 11.6 Å². The summed E-state index contributed by atoms with van der Waals surface area (Å²) in [5.41, 5.74) is 4.02. The zero-order valence-electron chi connectivity index (χ0n) is 14.4. The van der Waals surface area contributed by atoms with E-state index in [1.165, 1.54) is 13.1 Å². The Morgan fingerprint density at radius 2 is 1.76 bits per heavy atom. The lowest BCUT2D eigenvalue weighted by Gasteiger charge is -2.08. The van der Waals surface area contributed by atoms with Crippen molar-refractivity contribution in [3.8, 4) is 6.07 Å². The number of hydrogen-bond donors (Lipinski definition) is 2. The Kier molecular flexibility index (Phi) is 5.70. The normalized spacial score (nSPS) is 10.7. The van der Waals surface area contributed by atoms with E-state index in [9.17, 15) is 14.9 Å². The predicted octanol–water partition coefficient (Wildman–Crippen LogP) is 3.96. The molecule has 0 atom stereocenters. The van der Waals surface area contributed by atoms with Crippen molar-refractivity contribution in [2.45, 2.75) is 20.8 Å². The average Bonchev–Trinajstić information content (AvgIpc) is 2.57. The maximum absolute atomic E-state index is 12.2. The zero-order chi connectivity index (χ0) is 18.4. The number of amides is 1. The Labute approximate surface area is 147 Å². The smallest absolute Gasteiger partial charge is 0.267 e. The van der Waals surface area contributed by atoms with E-state index in [4.69, 9.17) is 0 Å². The largest absolute Gasteiger partial charge is 0.360 e. The van der Waals surface area contributed by atoms with Gasteiger partial charge < -0.3 is 10.6 Å². The molecule has 0 saturated carbocycles. The molecular weight excluding hydrogens is 314 g/mol. The third-order valence-corrected chi connectivity index (χ3v) is 3.67. The van der Waals surface area contributed by atoms with Crippen molar-refractivity contribution in [1.29, 1.82) is 5.26 Å². The Morgan fingerprint density at radius 1 is 1.08 bits per heavy atom. The van der Waals surface area contributed by atoms with Crippen molar-refractivity contribution >= 4 is 23.1 Å². The second-order valence-corrected chi connectivity index (χ2v) is 5.72. The lowest BCUT2D eigenvalue weighted by Crippen LogP contribution is -2.14. The van der Waals surface area contributed by atoms with E-state index in [2.05, 4.69) is 10.6 Å². The van der Waals surface area contributed by atoms with Gasteiger partial charge in [-0.05, 0) is 56.7 Å². The van der Waals surface area contributed by atoms with Gasteiger partial charge in [-0.25, -0.2) is 0 Å². The number of anilines is 2. The van der Waals surface area contributed by atoms with Crippen LogP contribution in [0.25, 0.3) is 0 Å². The van der Waals surface area contributed by atoms with Crippen molar-refractivity contribution in [2.24, 2.45) is 0 Å². The van der Waals surface area contributed by atoms with Crippen LogP contribution in [0.2, 0.25) is 0 Å². The summed E-state index contributed by atoms with van der Waals surface area (Å²) in [6, 6.07) is 14.3. The first-order valence-electron chi connectivity index (χ1n) is 7.77. The molecular formula is C20H19N3O2. The molecule has 2 N–H and O–H groups in total. The minimum atomic E-state index is -0.518. The molecule has 0 aromatic heterocycles. The van der Waals surface area contributed by atoms with Crippen molar-refractivity contribution in [1.82, 2.24) is 0 Å². The molecule has 126 valence electrons. The van der Waals surface area contributed by atoms with Crippen LogP contribution >= 0.6 is 0 Å². The summed E-state index contributed by atoms with van der Waals surface area (Å²) in [7, 11) is 0. The second-order valence-electron chi connectivity index (χ2n) is 5.72. The number of hydrogen-bond acceptors (Lipinski definition) is 4. The first-order chi connectivity index (χ1) is 11.9. The van der Waals surface area contributed by atoms with Gasteiger partial charge in [0.15, 0.2) is 5.78 Å². The number of carbonyl (C=O) groups is 2. The van der Waals surface area contributed by atoms with Crippen molar-refractivity contribution in [2.75, 3.05) is 10.6 Å². The minimum Gasteiger partial charge on any atom is -0.360 e. The van der Waals surface area contributed by atoms with Crippen LogP contribution in [0.1, 0.15) is 28.4 Å². The number of nitrogens with one attached hydrogen (secondary N) is 2. The summed E-state index contributed by atoms with van der Waals surface area (Å²) in [4.78, 5) is 23.5. The van der Waals surface area contributed by atoms with Crippen molar-refractivity contribution < 1.29 is 9.59 Å². The Hall–Kier alpha value is -3.39. The molecule has 0 aliphatic carbocycles. The molecule has 0 unspecified atom stereocenters. The van der Waals surface area contributed by atoms with Crippen LogP contribution in [-0.4, -0.2) is 11.7 Å². The lowest BCUT2D eigenvalue weighted by atomic mass is 10.1. The summed E-state index contributed by atoms with van der Waals surface area (Å²) >= 11 is 0. The fourth-order valence-electron chi connectivity index (χ4n) is 2.26. The summed E-state index contributed by atoms with van der Waals surface area (Å²) in [6.45, 7) is 5.42. The molecule has 5 heteroatoms. The molecule has 2 aromatic carbocycles. The summed E-state index contributed by atoms with van der Waals surface area (Å²) in [5, 5.41) is 14.8. The van der Waals surface area contributed by atoms with Crippen molar-refractivity contribution in [3.05, 3.63) is 70.9 Å². The Morgan fingerprint density at radius 3 is 2.32 bits per heavy atom. The topological polar surface area (TPSA) is 82.0 Å². The Bertz CT molecular complexity index is 875. The van der Waals surface area contributed by atoms with Crippen LogP contribution in [0, 0.1) is 25.2 Å². The number of aryl methyl sites for hydroxylation is 2. The first kappa shape index (κ1) is 18.0. The molecule has 0 aliphatic rings. The predicted molar refractivity (Wildman–Crippen MR) is 98.3 cm³/mol. The number of ketones is 1. The van der Waals surface area contributed by atoms with Gasteiger partial charge >= 0.3 is 0 Å². The fourth-order valence-corrected chi connectivity index (χ4v) is 2.26. The SMILES string of the molecule is CC(=O)c1ccc(NC(=O)/C(C#N)=C\Nc2ccc(C)cc2C)cc1. The van der Waals surface area contributed by atoms with Crippen molar-refractivity contribution in [3.63, 3.8) is 0 Å².